The Morgan fingerprint density at radius 1 is 1.00 bits per heavy atom. The number of methoxy groups -OCH3 is 2. The van der Waals surface area contributed by atoms with Gasteiger partial charge in [-0.2, -0.15) is 5.10 Å². The summed E-state index contributed by atoms with van der Waals surface area (Å²) >= 11 is 0. The number of anilines is 1. The van der Waals surface area contributed by atoms with E-state index in [-0.39, 0.29) is 6.04 Å². The summed E-state index contributed by atoms with van der Waals surface area (Å²) in [5, 5.41) is 6.67. The summed E-state index contributed by atoms with van der Waals surface area (Å²) in [6.07, 6.45) is 3.97. The average Bonchev–Trinajstić information content (AvgIpc) is 2.62. The van der Waals surface area contributed by atoms with Crippen molar-refractivity contribution in [2.45, 2.75) is 18.9 Å². The standard InChI is InChI=1S/C18H20N2O2/c1-21-17-11-10-14(13-18(17)22-2)16-9-6-12-19-20(16)15-7-4-3-5-8-15/h3-5,7-8,10-13,16H,6,9H2,1-2H3/t16-/m1/s1. The minimum Gasteiger partial charge on any atom is -0.493 e. The van der Waals surface area contributed by atoms with Gasteiger partial charge in [-0.1, -0.05) is 24.3 Å². The largest absolute Gasteiger partial charge is 0.493 e. The van der Waals surface area contributed by atoms with Crippen molar-refractivity contribution in [1.82, 2.24) is 0 Å². The first-order chi connectivity index (χ1) is 10.8. The van der Waals surface area contributed by atoms with Crippen molar-refractivity contribution in [3.63, 3.8) is 0 Å². The second-order valence-electron chi connectivity index (χ2n) is 5.19. The van der Waals surface area contributed by atoms with Gasteiger partial charge in [0.15, 0.2) is 11.5 Å². The van der Waals surface area contributed by atoms with Gasteiger partial charge in [-0.15, -0.1) is 0 Å². The predicted molar refractivity (Wildman–Crippen MR) is 88.9 cm³/mol. The van der Waals surface area contributed by atoms with Crippen molar-refractivity contribution in [2.24, 2.45) is 5.10 Å². The topological polar surface area (TPSA) is 34.1 Å². The first-order valence-corrected chi connectivity index (χ1v) is 7.42. The summed E-state index contributed by atoms with van der Waals surface area (Å²) in [6.45, 7) is 0. The molecule has 0 fully saturated rings. The van der Waals surface area contributed by atoms with Gasteiger partial charge < -0.3 is 9.47 Å². The minimum absolute atomic E-state index is 0.201. The van der Waals surface area contributed by atoms with Crippen LogP contribution in [-0.2, 0) is 0 Å². The quantitative estimate of drug-likeness (QED) is 0.854. The molecule has 1 heterocycles. The number of rotatable bonds is 4. The van der Waals surface area contributed by atoms with Crippen LogP contribution in [0.15, 0.2) is 53.6 Å². The molecule has 4 nitrogen and oxygen atoms in total. The van der Waals surface area contributed by atoms with Gasteiger partial charge in [0.25, 0.3) is 0 Å². The highest BCUT2D eigenvalue weighted by Gasteiger charge is 2.23. The monoisotopic (exact) mass is 296 g/mol. The van der Waals surface area contributed by atoms with Crippen LogP contribution in [0.25, 0.3) is 0 Å². The molecule has 0 saturated carbocycles. The molecule has 0 spiro atoms. The molecule has 0 radical (unpaired) electrons. The van der Waals surface area contributed by atoms with Crippen LogP contribution in [0.1, 0.15) is 24.4 Å². The minimum atomic E-state index is 0.201. The van der Waals surface area contributed by atoms with Crippen LogP contribution >= 0.6 is 0 Å². The summed E-state index contributed by atoms with van der Waals surface area (Å²) < 4.78 is 10.7. The molecule has 0 aliphatic carbocycles. The van der Waals surface area contributed by atoms with Crippen molar-refractivity contribution in [2.75, 3.05) is 19.2 Å². The molecule has 2 aromatic carbocycles. The molecule has 0 N–H and O–H groups in total. The number of para-hydroxylation sites is 1. The zero-order valence-electron chi connectivity index (χ0n) is 12.9. The summed E-state index contributed by atoms with van der Waals surface area (Å²) in [7, 11) is 3.31. The first kappa shape index (κ1) is 14.4. The fraction of sp³-hybridized carbons (Fsp3) is 0.278. The Kier molecular flexibility index (Phi) is 4.28. The molecule has 4 heteroatoms. The van der Waals surface area contributed by atoms with E-state index >= 15 is 0 Å². The average molecular weight is 296 g/mol. The van der Waals surface area contributed by atoms with Gasteiger partial charge >= 0.3 is 0 Å². The Morgan fingerprint density at radius 2 is 1.77 bits per heavy atom. The SMILES string of the molecule is COc1ccc([C@H]2CCC=NN2c2ccccc2)cc1OC. The third-order valence-corrected chi connectivity index (χ3v) is 3.88. The number of hydrogen-bond acceptors (Lipinski definition) is 4. The Morgan fingerprint density at radius 3 is 2.50 bits per heavy atom. The summed E-state index contributed by atoms with van der Waals surface area (Å²) in [6, 6.07) is 16.5. The molecule has 0 amide bonds. The zero-order chi connectivity index (χ0) is 15.4. The van der Waals surface area contributed by atoms with E-state index in [1.54, 1.807) is 14.2 Å². The molecule has 1 aliphatic rings. The van der Waals surface area contributed by atoms with Crippen molar-refractivity contribution in [1.29, 1.82) is 0 Å². The second kappa shape index (κ2) is 6.52. The van der Waals surface area contributed by atoms with E-state index in [1.807, 2.05) is 36.5 Å². The van der Waals surface area contributed by atoms with E-state index in [9.17, 15) is 0 Å². The van der Waals surface area contributed by atoms with Crippen LogP contribution in [0.5, 0.6) is 11.5 Å². The van der Waals surface area contributed by atoms with E-state index < -0.39 is 0 Å². The molecule has 3 rings (SSSR count). The van der Waals surface area contributed by atoms with Crippen LogP contribution in [0.2, 0.25) is 0 Å². The molecule has 0 bridgehead atoms. The summed E-state index contributed by atoms with van der Waals surface area (Å²) in [4.78, 5) is 0. The third kappa shape index (κ3) is 2.77. The van der Waals surface area contributed by atoms with E-state index in [0.717, 1.165) is 30.0 Å². The lowest BCUT2D eigenvalue weighted by Crippen LogP contribution is -2.26. The summed E-state index contributed by atoms with van der Waals surface area (Å²) in [5.41, 5.74) is 2.27. The van der Waals surface area contributed by atoms with Crippen LogP contribution in [-0.4, -0.2) is 20.4 Å². The van der Waals surface area contributed by atoms with Gasteiger partial charge in [0.05, 0.1) is 25.9 Å². The van der Waals surface area contributed by atoms with E-state index in [2.05, 4.69) is 28.3 Å². The maximum absolute atomic E-state index is 5.43. The fourth-order valence-corrected chi connectivity index (χ4v) is 2.78. The number of nitrogens with zero attached hydrogens (tertiary/aromatic N) is 2. The highest BCUT2D eigenvalue weighted by Crippen LogP contribution is 2.37. The van der Waals surface area contributed by atoms with Gasteiger partial charge in [-0.25, -0.2) is 0 Å². The van der Waals surface area contributed by atoms with Gasteiger partial charge in [0.1, 0.15) is 0 Å². The molecule has 1 aliphatic heterocycles. The Bertz CT molecular complexity index is 655. The van der Waals surface area contributed by atoms with Crippen molar-refractivity contribution < 1.29 is 9.47 Å². The van der Waals surface area contributed by atoms with Gasteiger partial charge in [0.2, 0.25) is 0 Å². The first-order valence-electron chi connectivity index (χ1n) is 7.42. The van der Waals surface area contributed by atoms with E-state index in [0.29, 0.717) is 0 Å². The molecule has 0 aromatic heterocycles. The maximum Gasteiger partial charge on any atom is 0.161 e. The van der Waals surface area contributed by atoms with Crippen LogP contribution in [0, 0.1) is 0 Å². The molecular formula is C18H20N2O2. The van der Waals surface area contributed by atoms with Gasteiger partial charge in [0, 0.05) is 6.21 Å². The molecule has 2 aromatic rings. The molecular weight excluding hydrogens is 276 g/mol. The maximum atomic E-state index is 5.43. The van der Waals surface area contributed by atoms with Crippen molar-refractivity contribution in [3.8, 4) is 11.5 Å². The number of benzene rings is 2. The molecule has 22 heavy (non-hydrogen) atoms. The second-order valence-corrected chi connectivity index (χ2v) is 5.19. The fourth-order valence-electron chi connectivity index (χ4n) is 2.78. The highest BCUT2D eigenvalue weighted by molar-refractivity contribution is 5.63. The highest BCUT2D eigenvalue weighted by atomic mass is 16.5. The Hall–Kier alpha value is -2.49. The van der Waals surface area contributed by atoms with Crippen molar-refractivity contribution >= 4 is 11.9 Å². The van der Waals surface area contributed by atoms with Crippen molar-refractivity contribution in [3.05, 3.63) is 54.1 Å². The van der Waals surface area contributed by atoms with Gasteiger partial charge in [-0.05, 0) is 42.7 Å². The molecule has 114 valence electrons. The van der Waals surface area contributed by atoms with Gasteiger partial charge in [-0.3, -0.25) is 5.01 Å². The third-order valence-electron chi connectivity index (χ3n) is 3.88. The number of ether oxygens (including phenoxy) is 2. The lowest BCUT2D eigenvalue weighted by Gasteiger charge is -2.32. The lowest BCUT2D eigenvalue weighted by atomic mass is 9.99. The Labute approximate surface area is 131 Å². The zero-order valence-corrected chi connectivity index (χ0v) is 12.9. The molecule has 0 saturated heterocycles. The summed E-state index contributed by atoms with van der Waals surface area (Å²) in [5.74, 6) is 1.50. The van der Waals surface area contributed by atoms with Crippen LogP contribution in [0.4, 0.5) is 5.69 Å². The van der Waals surface area contributed by atoms with Crippen LogP contribution in [0.3, 0.4) is 0 Å². The predicted octanol–water partition coefficient (Wildman–Crippen LogP) is 4.03. The number of hydrogen-bond donors (Lipinski definition) is 0. The molecule has 0 unspecified atom stereocenters. The van der Waals surface area contributed by atoms with E-state index in [1.165, 1.54) is 5.56 Å². The Balaban J connectivity index is 1.97. The van der Waals surface area contributed by atoms with Crippen LogP contribution < -0.4 is 14.5 Å². The van der Waals surface area contributed by atoms with E-state index in [4.69, 9.17) is 9.47 Å². The normalized spacial score (nSPS) is 17.4. The smallest absolute Gasteiger partial charge is 0.161 e. The lowest BCUT2D eigenvalue weighted by molar-refractivity contribution is 0.354. The number of hydrazone groups is 1. The molecule has 1 atom stereocenters.